The van der Waals surface area contributed by atoms with E-state index in [-0.39, 0.29) is 11.7 Å². The Morgan fingerprint density at radius 3 is 2.71 bits per heavy atom. The fraction of sp³-hybridized carbons (Fsp3) is 0.571. The summed E-state index contributed by atoms with van der Waals surface area (Å²) in [5.74, 6) is 0.572. The van der Waals surface area contributed by atoms with Gasteiger partial charge >= 0.3 is 0 Å². The van der Waals surface area contributed by atoms with Gasteiger partial charge in [-0.2, -0.15) is 4.31 Å². The summed E-state index contributed by atoms with van der Waals surface area (Å²) < 4.78 is 31.7. The van der Waals surface area contributed by atoms with Gasteiger partial charge in [-0.1, -0.05) is 6.08 Å². The molecule has 1 aromatic heterocycles. The maximum Gasteiger partial charge on any atom is 0.276 e. The predicted octanol–water partition coefficient (Wildman–Crippen LogP) is 1.04. The van der Waals surface area contributed by atoms with E-state index in [0.29, 0.717) is 38.5 Å². The molecular formula is C14H22N2O4S. The lowest BCUT2D eigenvalue weighted by atomic mass is 10.4. The van der Waals surface area contributed by atoms with E-state index in [2.05, 4.69) is 6.58 Å². The Morgan fingerprint density at radius 2 is 2.10 bits per heavy atom. The summed E-state index contributed by atoms with van der Waals surface area (Å²) in [5, 5.41) is 9.01. The molecule has 0 aliphatic carbocycles. The van der Waals surface area contributed by atoms with Crippen LogP contribution in [0.25, 0.3) is 0 Å². The Bertz CT molecular complexity index is 561. The average molecular weight is 314 g/mol. The van der Waals surface area contributed by atoms with Crippen LogP contribution in [0.1, 0.15) is 18.6 Å². The molecular weight excluding hydrogens is 292 g/mol. The normalized spacial score (nSPS) is 16.7. The number of hydrogen-bond acceptors (Lipinski definition) is 5. The summed E-state index contributed by atoms with van der Waals surface area (Å²) >= 11 is 0. The van der Waals surface area contributed by atoms with Gasteiger partial charge in [-0.15, -0.1) is 6.58 Å². The zero-order chi connectivity index (χ0) is 15.3. The molecule has 0 bridgehead atoms. The van der Waals surface area contributed by atoms with Gasteiger partial charge in [0.05, 0.1) is 13.2 Å². The van der Waals surface area contributed by atoms with Crippen LogP contribution < -0.4 is 0 Å². The zero-order valence-corrected chi connectivity index (χ0v) is 12.9. The molecule has 1 aliphatic heterocycles. The summed E-state index contributed by atoms with van der Waals surface area (Å²) in [6.07, 6.45) is 3.54. The predicted molar refractivity (Wildman–Crippen MR) is 79.3 cm³/mol. The first-order valence-electron chi connectivity index (χ1n) is 7.11. The highest BCUT2D eigenvalue weighted by Crippen LogP contribution is 2.23. The third kappa shape index (κ3) is 3.94. The van der Waals surface area contributed by atoms with E-state index in [4.69, 9.17) is 9.52 Å². The minimum atomic E-state index is -3.50. The van der Waals surface area contributed by atoms with Gasteiger partial charge < -0.3 is 9.52 Å². The van der Waals surface area contributed by atoms with Crippen LogP contribution in [0.4, 0.5) is 0 Å². The van der Waals surface area contributed by atoms with E-state index in [9.17, 15) is 8.42 Å². The molecule has 2 heterocycles. The van der Waals surface area contributed by atoms with Crippen LogP contribution in [-0.2, 0) is 16.6 Å². The summed E-state index contributed by atoms with van der Waals surface area (Å²) in [7, 11) is -3.50. The number of sulfonamides is 1. The van der Waals surface area contributed by atoms with Crippen LogP contribution >= 0.6 is 0 Å². The summed E-state index contributed by atoms with van der Waals surface area (Å²) in [6, 6.07) is 3.18. The largest absolute Gasteiger partial charge is 0.447 e. The molecule has 1 N–H and O–H groups in total. The lowest BCUT2D eigenvalue weighted by molar-refractivity contribution is 0.191. The van der Waals surface area contributed by atoms with Crippen molar-refractivity contribution in [2.45, 2.75) is 24.5 Å². The second-order valence-corrected chi connectivity index (χ2v) is 6.95. The van der Waals surface area contributed by atoms with Crippen molar-refractivity contribution >= 4 is 10.0 Å². The first-order valence-corrected chi connectivity index (χ1v) is 8.55. The topological polar surface area (TPSA) is 74.0 Å². The second-order valence-electron chi connectivity index (χ2n) is 5.08. The number of aliphatic hydroxyl groups excluding tert-OH is 1. The smallest absolute Gasteiger partial charge is 0.276 e. The Morgan fingerprint density at radius 1 is 1.38 bits per heavy atom. The maximum atomic E-state index is 12.3. The van der Waals surface area contributed by atoms with Crippen molar-refractivity contribution in [1.82, 2.24) is 9.21 Å². The quantitative estimate of drug-likeness (QED) is 0.726. The van der Waals surface area contributed by atoms with E-state index in [1.165, 1.54) is 10.4 Å². The number of aliphatic hydroxyl groups is 1. The molecule has 0 radical (unpaired) electrons. The molecule has 1 aromatic rings. The van der Waals surface area contributed by atoms with Gasteiger partial charge in [-0.05, 0) is 25.0 Å². The summed E-state index contributed by atoms with van der Waals surface area (Å²) in [6.45, 7) is 6.36. The van der Waals surface area contributed by atoms with Gasteiger partial charge in [0.25, 0.3) is 10.0 Å². The van der Waals surface area contributed by atoms with Crippen LogP contribution in [0.2, 0.25) is 0 Å². The molecule has 1 saturated heterocycles. The third-order valence-corrected chi connectivity index (χ3v) is 5.25. The highest BCUT2D eigenvalue weighted by atomic mass is 32.2. The third-order valence-electron chi connectivity index (χ3n) is 3.48. The van der Waals surface area contributed by atoms with Gasteiger partial charge in [0.2, 0.25) is 5.09 Å². The number of furan rings is 1. The van der Waals surface area contributed by atoms with Gasteiger partial charge in [0.15, 0.2) is 0 Å². The Labute approximate surface area is 125 Å². The lowest BCUT2D eigenvalue weighted by Gasteiger charge is -2.17. The molecule has 2 rings (SSSR count). The maximum absolute atomic E-state index is 12.3. The van der Waals surface area contributed by atoms with Crippen molar-refractivity contribution in [3.63, 3.8) is 0 Å². The van der Waals surface area contributed by atoms with Crippen molar-refractivity contribution in [3.8, 4) is 0 Å². The van der Waals surface area contributed by atoms with Crippen LogP contribution in [0.5, 0.6) is 0 Å². The molecule has 0 unspecified atom stereocenters. The standard InChI is InChI=1S/C14H22N2O4S/c1-2-7-15(10-11-17)12-13-5-6-14(20-13)21(18,19)16-8-3-4-9-16/h2,5-6,17H,1,3-4,7-12H2. The van der Waals surface area contributed by atoms with E-state index >= 15 is 0 Å². The van der Waals surface area contributed by atoms with Gasteiger partial charge in [-0.25, -0.2) is 8.42 Å². The molecule has 1 aliphatic rings. The number of nitrogens with zero attached hydrogens (tertiary/aromatic N) is 2. The highest BCUT2D eigenvalue weighted by molar-refractivity contribution is 7.89. The SMILES string of the molecule is C=CCN(CCO)Cc1ccc(S(=O)(=O)N2CCCC2)o1. The Kier molecular flexibility index (Phi) is 5.58. The second kappa shape index (κ2) is 7.22. The summed E-state index contributed by atoms with van der Waals surface area (Å²) in [5.41, 5.74) is 0. The van der Waals surface area contributed by atoms with Gasteiger partial charge in [0.1, 0.15) is 5.76 Å². The molecule has 0 saturated carbocycles. The number of hydrogen-bond donors (Lipinski definition) is 1. The molecule has 21 heavy (non-hydrogen) atoms. The van der Waals surface area contributed by atoms with E-state index < -0.39 is 10.0 Å². The van der Waals surface area contributed by atoms with Crippen molar-refractivity contribution in [3.05, 3.63) is 30.5 Å². The fourth-order valence-electron chi connectivity index (χ4n) is 2.42. The molecule has 7 heteroatoms. The van der Waals surface area contributed by atoms with Crippen molar-refractivity contribution in [1.29, 1.82) is 0 Å². The molecule has 6 nitrogen and oxygen atoms in total. The van der Waals surface area contributed by atoms with Crippen LogP contribution in [0, 0.1) is 0 Å². The van der Waals surface area contributed by atoms with Gasteiger partial charge in [0, 0.05) is 26.2 Å². The van der Waals surface area contributed by atoms with Crippen molar-refractivity contribution in [2.75, 3.05) is 32.8 Å². The van der Waals surface area contributed by atoms with Crippen LogP contribution in [-0.4, -0.2) is 55.5 Å². The first-order chi connectivity index (χ1) is 10.1. The average Bonchev–Trinajstić information content (AvgIpc) is 3.11. The van der Waals surface area contributed by atoms with E-state index in [1.54, 1.807) is 12.1 Å². The minimum Gasteiger partial charge on any atom is -0.447 e. The Balaban J connectivity index is 2.08. The molecule has 0 spiro atoms. The summed E-state index contributed by atoms with van der Waals surface area (Å²) in [4.78, 5) is 1.93. The number of rotatable bonds is 8. The molecule has 0 atom stereocenters. The minimum absolute atomic E-state index is 0.00181. The molecule has 0 aromatic carbocycles. The van der Waals surface area contributed by atoms with Crippen molar-refractivity contribution < 1.29 is 17.9 Å². The Hall–Kier alpha value is -1.15. The monoisotopic (exact) mass is 314 g/mol. The molecule has 1 fully saturated rings. The first kappa shape index (κ1) is 16.2. The highest BCUT2D eigenvalue weighted by Gasteiger charge is 2.30. The van der Waals surface area contributed by atoms with Crippen LogP contribution in [0.15, 0.2) is 34.3 Å². The van der Waals surface area contributed by atoms with Crippen molar-refractivity contribution in [2.24, 2.45) is 0 Å². The van der Waals surface area contributed by atoms with Crippen LogP contribution in [0.3, 0.4) is 0 Å². The fourth-order valence-corrected chi connectivity index (χ4v) is 3.86. The molecule has 118 valence electrons. The molecule has 0 amide bonds. The van der Waals surface area contributed by atoms with E-state index in [1.807, 2.05) is 4.90 Å². The van der Waals surface area contributed by atoms with E-state index in [0.717, 1.165) is 12.8 Å². The zero-order valence-electron chi connectivity index (χ0n) is 12.1. The lowest BCUT2D eigenvalue weighted by Crippen LogP contribution is -2.27. The van der Waals surface area contributed by atoms with Gasteiger partial charge in [-0.3, -0.25) is 4.90 Å².